The van der Waals surface area contributed by atoms with Gasteiger partial charge in [0.05, 0.1) is 5.56 Å². The van der Waals surface area contributed by atoms with Crippen molar-refractivity contribution < 1.29 is 28.5 Å². The highest BCUT2D eigenvalue weighted by molar-refractivity contribution is 5.27. The van der Waals surface area contributed by atoms with E-state index in [1.165, 1.54) is 0 Å². The predicted molar refractivity (Wildman–Crippen MR) is 39.8 cm³/mol. The van der Waals surface area contributed by atoms with Gasteiger partial charge in [0.1, 0.15) is 0 Å². The van der Waals surface area contributed by atoms with E-state index in [4.69, 9.17) is 15.3 Å². The van der Waals surface area contributed by atoms with Crippen molar-refractivity contribution in [2.24, 2.45) is 0 Å². The van der Waals surface area contributed by atoms with Gasteiger partial charge in [0.15, 0.2) is 0 Å². The van der Waals surface area contributed by atoms with Crippen LogP contribution >= 0.6 is 0 Å². The summed E-state index contributed by atoms with van der Waals surface area (Å²) in [6.45, 7) is 0. The summed E-state index contributed by atoms with van der Waals surface area (Å²) < 4.78 is 36.3. The summed E-state index contributed by atoms with van der Waals surface area (Å²) in [6.07, 6.45) is -4.58. The van der Waals surface area contributed by atoms with E-state index in [-0.39, 0.29) is 0 Å². The van der Waals surface area contributed by atoms with Crippen LogP contribution < -0.4 is 0 Å². The van der Waals surface area contributed by atoms with Gasteiger partial charge in [-0.2, -0.15) is 13.2 Å². The molecule has 78 valence electrons. The van der Waals surface area contributed by atoms with E-state index in [0.29, 0.717) is 6.07 Å². The van der Waals surface area contributed by atoms with Crippen LogP contribution in [0.5, 0.6) is 0 Å². The summed E-state index contributed by atoms with van der Waals surface area (Å²) in [5, 5.41) is 25.9. The highest BCUT2D eigenvalue weighted by atomic mass is 19.4. The molecule has 0 spiro atoms. The van der Waals surface area contributed by atoms with Gasteiger partial charge < -0.3 is 15.3 Å². The van der Waals surface area contributed by atoms with E-state index in [2.05, 4.69) is 0 Å². The van der Waals surface area contributed by atoms with E-state index in [0.717, 1.165) is 18.2 Å². The smallest absolute Gasteiger partial charge is 0.340 e. The van der Waals surface area contributed by atoms with Gasteiger partial charge in [0.2, 0.25) is 0 Å². The molecule has 3 nitrogen and oxygen atoms in total. The molecule has 0 amide bonds. The SMILES string of the molecule is OC(O)(O)c1cccc(C(F)(F)F)c1. The van der Waals surface area contributed by atoms with Crippen molar-refractivity contribution in [2.75, 3.05) is 0 Å². The molecule has 0 aliphatic heterocycles. The molecule has 0 saturated heterocycles. The molecule has 0 aromatic heterocycles. The van der Waals surface area contributed by atoms with Crippen molar-refractivity contribution in [2.45, 2.75) is 12.1 Å². The van der Waals surface area contributed by atoms with Crippen LogP contribution in [-0.2, 0) is 12.1 Å². The van der Waals surface area contributed by atoms with E-state index in [1.54, 1.807) is 0 Å². The number of halogens is 3. The third-order valence-corrected chi connectivity index (χ3v) is 1.58. The van der Waals surface area contributed by atoms with Crippen molar-refractivity contribution in [3.05, 3.63) is 35.4 Å². The summed E-state index contributed by atoms with van der Waals surface area (Å²) in [6, 6.07) is 3.15. The Bertz CT molecular complexity index is 298. The second-order valence-corrected chi connectivity index (χ2v) is 2.71. The van der Waals surface area contributed by atoms with Crippen molar-refractivity contribution in [1.29, 1.82) is 0 Å². The monoisotopic (exact) mass is 208 g/mol. The van der Waals surface area contributed by atoms with Gasteiger partial charge in [-0.25, -0.2) is 0 Å². The normalized spacial score (nSPS) is 13.0. The van der Waals surface area contributed by atoms with Crippen molar-refractivity contribution in [1.82, 2.24) is 0 Å². The van der Waals surface area contributed by atoms with Crippen molar-refractivity contribution in [3.8, 4) is 0 Å². The first-order valence-electron chi connectivity index (χ1n) is 3.56. The number of hydrogen-bond acceptors (Lipinski definition) is 3. The lowest BCUT2D eigenvalue weighted by Crippen LogP contribution is -2.24. The molecule has 0 heterocycles. The van der Waals surface area contributed by atoms with Crippen LogP contribution in [-0.4, -0.2) is 15.3 Å². The molecule has 0 aliphatic carbocycles. The second kappa shape index (κ2) is 3.23. The minimum absolute atomic E-state index is 0.458. The third kappa shape index (κ3) is 2.44. The highest BCUT2D eigenvalue weighted by Gasteiger charge is 2.32. The zero-order valence-electron chi connectivity index (χ0n) is 6.78. The Morgan fingerprint density at radius 3 is 1.86 bits per heavy atom. The quantitative estimate of drug-likeness (QED) is 0.598. The molecule has 0 aliphatic rings. The first-order valence-corrected chi connectivity index (χ1v) is 3.56. The van der Waals surface area contributed by atoms with Gasteiger partial charge in [-0.3, -0.25) is 0 Å². The molecule has 1 aromatic rings. The minimum atomic E-state index is -4.58. The molecule has 0 saturated carbocycles. The average Bonchev–Trinajstić information content (AvgIpc) is 2.01. The van der Waals surface area contributed by atoms with Crippen LogP contribution in [0, 0.1) is 0 Å². The topological polar surface area (TPSA) is 60.7 Å². The predicted octanol–water partition coefficient (Wildman–Crippen LogP) is 0.793. The minimum Gasteiger partial charge on any atom is -0.340 e. The van der Waals surface area contributed by atoms with Gasteiger partial charge in [-0.15, -0.1) is 0 Å². The van der Waals surface area contributed by atoms with E-state index in [9.17, 15) is 13.2 Å². The Labute approximate surface area is 77.0 Å². The lowest BCUT2D eigenvalue weighted by Gasteiger charge is -2.15. The summed E-state index contributed by atoms with van der Waals surface area (Å²) in [5.41, 5.74) is -1.69. The van der Waals surface area contributed by atoms with Crippen LogP contribution in [0.25, 0.3) is 0 Å². The fraction of sp³-hybridized carbons (Fsp3) is 0.250. The molecule has 1 rings (SSSR count). The molecule has 6 heteroatoms. The molecule has 0 atom stereocenters. The Hall–Kier alpha value is -1.11. The van der Waals surface area contributed by atoms with Gasteiger partial charge in [0.25, 0.3) is 0 Å². The maximum absolute atomic E-state index is 12.1. The fourth-order valence-corrected chi connectivity index (χ4v) is 0.904. The number of aliphatic hydroxyl groups is 3. The molecule has 0 fully saturated rings. The largest absolute Gasteiger partial charge is 0.416 e. The Morgan fingerprint density at radius 1 is 0.929 bits per heavy atom. The lowest BCUT2D eigenvalue weighted by atomic mass is 10.1. The molecule has 14 heavy (non-hydrogen) atoms. The molecule has 1 aromatic carbocycles. The van der Waals surface area contributed by atoms with Gasteiger partial charge in [-0.1, -0.05) is 12.1 Å². The summed E-state index contributed by atoms with van der Waals surface area (Å²) >= 11 is 0. The maximum atomic E-state index is 12.1. The first-order chi connectivity index (χ1) is 6.21. The molecule has 0 radical (unpaired) electrons. The average molecular weight is 208 g/mol. The van der Waals surface area contributed by atoms with Gasteiger partial charge in [-0.05, 0) is 12.1 Å². The number of hydrogen-bond donors (Lipinski definition) is 3. The van der Waals surface area contributed by atoms with Crippen molar-refractivity contribution >= 4 is 0 Å². The number of alkyl halides is 3. The fourth-order valence-electron chi connectivity index (χ4n) is 0.904. The van der Waals surface area contributed by atoms with Gasteiger partial charge in [0, 0.05) is 5.56 Å². The molecule has 0 bridgehead atoms. The Kier molecular flexibility index (Phi) is 2.53. The zero-order valence-corrected chi connectivity index (χ0v) is 6.78. The van der Waals surface area contributed by atoms with Crippen LogP contribution in [0.3, 0.4) is 0 Å². The van der Waals surface area contributed by atoms with Crippen molar-refractivity contribution in [3.63, 3.8) is 0 Å². The standard InChI is InChI=1S/C8H7F3O3/c9-7(10,11)5-2-1-3-6(4-5)8(12,13)14/h1-4,12-14H. The Balaban J connectivity index is 3.15. The molecular weight excluding hydrogens is 201 g/mol. The third-order valence-electron chi connectivity index (χ3n) is 1.58. The summed E-state index contributed by atoms with van der Waals surface area (Å²) in [5.74, 6) is -3.25. The summed E-state index contributed by atoms with van der Waals surface area (Å²) in [4.78, 5) is 0. The van der Waals surface area contributed by atoms with Crippen LogP contribution in [0.4, 0.5) is 13.2 Å². The van der Waals surface area contributed by atoms with Crippen LogP contribution in [0.15, 0.2) is 24.3 Å². The zero-order chi connectivity index (χ0) is 11.0. The van der Waals surface area contributed by atoms with E-state index >= 15 is 0 Å². The second-order valence-electron chi connectivity index (χ2n) is 2.71. The maximum Gasteiger partial charge on any atom is 0.416 e. The molecule has 3 N–H and O–H groups in total. The van der Waals surface area contributed by atoms with Crippen LogP contribution in [0.2, 0.25) is 0 Å². The number of rotatable bonds is 1. The lowest BCUT2D eigenvalue weighted by molar-refractivity contribution is -0.323. The molecular formula is C8H7F3O3. The number of benzene rings is 1. The highest BCUT2D eigenvalue weighted by Crippen LogP contribution is 2.30. The Morgan fingerprint density at radius 2 is 1.43 bits per heavy atom. The first kappa shape index (κ1) is 11.0. The summed E-state index contributed by atoms with van der Waals surface area (Å²) in [7, 11) is 0. The van der Waals surface area contributed by atoms with Crippen LogP contribution in [0.1, 0.15) is 11.1 Å². The molecule has 0 unspecified atom stereocenters. The van der Waals surface area contributed by atoms with E-state index < -0.39 is 23.3 Å². The van der Waals surface area contributed by atoms with Gasteiger partial charge >= 0.3 is 12.1 Å². The van der Waals surface area contributed by atoms with E-state index in [1.807, 2.05) is 0 Å².